The van der Waals surface area contributed by atoms with E-state index in [-0.39, 0.29) is 10.7 Å². The summed E-state index contributed by atoms with van der Waals surface area (Å²) < 4.78 is 13.1. The van der Waals surface area contributed by atoms with Gasteiger partial charge in [0.25, 0.3) is 0 Å². The number of nitrogens with zero attached hydrogens (tertiary/aromatic N) is 2. The van der Waals surface area contributed by atoms with Crippen LogP contribution >= 0.6 is 22.9 Å². The highest BCUT2D eigenvalue weighted by Gasteiger charge is 2.21. The first-order chi connectivity index (χ1) is 11.4. The van der Waals surface area contributed by atoms with Crippen LogP contribution in [0.25, 0.3) is 0 Å². The second-order valence-corrected chi connectivity index (χ2v) is 6.90. The Hall–Kier alpha value is -2.03. The number of fused-ring (bicyclic) bond motifs is 1. The first kappa shape index (κ1) is 16.8. The third kappa shape index (κ3) is 3.72. The fraction of sp³-hybridized carbons (Fsp3) is 0.267. The third-order valence-corrected chi connectivity index (χ3v) is 4.81. The molecule has 126 valence electrons. The largest absolute Gasteiger partial charge is 0.318 e. The number of hydrogen-bond donors (Lipinski definition) is 2. The molecule has 0 fully saturated rings. The van der Waals surface area contributed by atoms with Gasteiger partial charge in [0, 0.05) is 30.1 Å². The Morgan fingerprint density at radius 2 is 2.08 bits per heavy atom. The highest BCUT2D eigenvalue weighted by atomic mass is 35.5. The van der Waals surface area contributed by atoms with Crippen molar-refractivity contribution in [3.8, 4) is 0 Å². The van der Waals surface area contributed by atoms with Crippen molar-refractivity contribution >= 4 is 45.6 Å². The molecule has 0 aliphatic carbocycles. The van der Waals surface area contributed by atoms with E-state index in [1.807, 2.05) is 7.05 Å². The Kier molecular flexibility index (Phi) is 4.79. The standard InChI is InChI=1S/C15H14ClFN4O2S/c1-21-5-4-11-12(7-21)24-15(19-11)20-14(23)13(22)18-8-2-3-10(17)9(16)6-8/h2-3,6H,4-5,7H2,1H3,(H,18,22)(H,19,20,23). The number of likely N-dealkylation sites (N-methyl/N-ethyl adjacent to an activating group) is 1. The predicted octanol–water partition coefficient (Wildman–Crippen LogP) is 2.50. The smallest absolute Gasteiger partial charge is 0.315 e. The van der Waals surface area contributed by atoms with Gasteiger partial charge < -0.3 is 10.2 Å². The number of amides is 2. The van der Waals surface area contributed by atoms with E-state index < -0.39 is 17.6 Å². The molecule has 1 aromatic carbocycles. The summed E-state index contributed by atoms with van der Waals surface area (Å²) in [6.45, 7) is 1.69. The van der Waals surface area contributed by atoms with E-state index in [0.717, 1.165) is 36.1 Å². The Balaban J connectivity index is 1.64. The molecule has 0 radical (unpaired) electrons. The van der Waals surface area contributed by atoms with Gasteiger partial charge in [-0.15, -0.1) is 11.3 Å². The van der Waals surface area contributed by atoms with Crippen molar-refractivity contribution in [2.45, 2.75) is 13.0 Å². The van der Waals surface area contributed by atoms with Crippen LogP contribution < -0.4 is 10.6 Å². The number of benzene rings is 1. The van der Waals surface area contributed by atoms with E-state index >= 15 is 0 Å². The zero-order chi connectivity index (χ0) is 17.3. The van der Waals surface area contributed by atoms with Gasteiger partial charge >= 0.3 is 11.8 Å². The minimum absolute atomic E-state index is 0.134. The molecule has 3 rings (SSSR count). The summed E-state index contributed by atoms with van der Waals surface area (Å²) >= 11 is 7.00. The molecular formula is C15H14ClFN4O2S. The number of halogens is 2. The molecule has 2 N–H and O–H groups in total. The van der Waals surface area contributed by atoms with E-state index in [2.05, 4.69) is 20.5 Å². The molecule has 0 spiro atoms. The Morgan fingerprint density at radius 3 is 2.83 bits per heavy atom. The minimum Gasteiger partial charge on any atom is -0.318 e. The maximum absolute atomic E-state index is 13.1. The van der Waals surface area contributed by atoms with Crippen LogP contribution in [-0.2, 0) is 22.6 Å². The van der Waals surface area contributed by atoms with Crippen molar-refractivity contribution < 1.29 is 14.0 Å². The molecule has 1 aromatic heterocycles. The minimum atomic E-state index is -0.872. The molecule has 9 heteroatoms. The summed E-state index contributed by atoms with van der Waals surface area (Å²) in [5.41, 5.74) is 1.20. The lowest BCUT2D eigenvalue weighted by Gasteiger charge is -2.20. The number of nitrogens with one attached hydrogen (secondary N) is 2. The van der Waals surface area contributed by atoms with Gasteiger partial charge in [0.05, 0.1) is 10.7 Å². The zero-order valence-corrected chi connectivity index (χ0v) is 14.3. The zero-order valence-electron chi connectivity index (χ0n) is 12.7. The van der Waals surface area contributed by atoms with Gasteiger partial charge in [-0.1, -0.05) is 11.6 Å². The predicted molar refractivity (Wildman–Crippen MR) is 90.8 cm³/mol. The summed E-state index contributed by atoms with van der Waals surface area (Å²) in [7, 11) is 2.02. The van der Waals surface area contributed by atoms with Gasteiger partial charge in [0.1, 0.15) is 5.82 Å². The molecule has 0 unspecified atom stereocenters. The lowest BCUT2D eigenvalue weighted by Crippen LogP contribution is -2.29. The second kappa shape index (κ2) is 6.84. The van der Waals surface area contributed by atoms with E-state index in [1.54, 1.807) is 0 Å². The number of aromatic nitrogens is 1. The lowest BCUT2D eigenvalue weighted by atomic mass is 10.2. The van der Waals surface area contributed by atoms with E-state index in [4.69, 9.17) is 11.6 Å². The van der Waals surface area contributed by atoms with Crippen LogP contribution in [0.3, 0.4) is 0 Å². The summed E-state index contributed by atoms with van der Waals surface area (Å²) in [6.07, 6.45) is 0.818. The average Bonchev–Trinajstić information content (AvgIpc) is 2.92. The molecule has 0 saturated heterocycles. The van der Waals surface area contributed by atoms with Crippen molar-refractivity contribution in [2.24, 2.45) is 0 Å². The summed E-state index contributed by atoms with van der Waals surface area (Å²) in [5, 5.41) is 5.12. The van der Waals surface area contributed by atoms with Crippen LogP contribution in [0, 0.1) is 5.82 Å². The Labute approximate surface area is 146 Å². The SMILES string of the molecule is CN1CCc2nc(NC(=O)C(=O)Nc3ccc(F)c(Cl)c3)sc2C1. The van der Waals surface area contributed by atoms with E-state index in [9.17, 15) is 14.0 Å². The molecule has 2 heterocycles. The molecule has 2 amide bonds. The second-order valence-electron chi connectivity index (χ2n) is 5.41. The topological polar surface area (TPSA) is 74.3 Å². The molecular weight excluding hydrogens is 355 g/mol. The van der Waals surface area contributed by atoms with Gasteiger partial charge in [-0.2, -0.15) is 0 Å². The lowest BCUT2D eigenvalue weighted by molar-refractivity contribution is -0.132. The van der Waals surface area contributed by atoms with Crippen molar-refractivity contribution in [3.63, 3.8) is 0 Å². The fourth-order valence-electron chi connectivity index (χ4n) is 2.29. The normalized spacial score (nSPS) is 14.1. The maximum Gasteiger partial charge on any atom is 0.315 e. The highest BCUT2D eigenvalue weighted by molar-refractivity contribution is 7.16. The fourth-order valence-corrected chi connectivity index (χ4v) is 3.56. The van der Waals surface area contributed by atoms with E-state index in [1.165, 1.54) is 23.5 Å². The molecule has 0 atom stereocenters. The Morgan fingerprint density at radius 1 is 1.33 bits per heavy atom. The molecule has 1 aliphatic heterocycles. The van der Waals surface area contributed by atoms with Crippen LogP contribution in [-0.4, -0.2) is 35.3 Å². The molecule has 24 heavy (non-hydrogen) atoms. The van der Waals surface area contributed by atoms with Crippen molar-refractivity contribution in [2.75, 3.05) is 24.2 Å². The average molecular weight is 369 g/mol. The van der Waals surface area contributed by atoms with Crippen LogP contribution in [0.15, 0.2) is 18.2 Å². The van der Waals surface area contributed by atoms with Crippen LogP contribution in [0.1, 0.15) is 10.6 Å². The molecule has 1 aliphatic rings. The monoisotopic (exact) mass is 368 g/mol. The number of carbonyl (C=O) groups is 2. The Bertz CT molecular complexity index is 811. The molecule has 0 saturated carbocycles. The van der Waals surface area contributed by atoms with Gasteiger partial charge in [-0.3, -0.25) is 14.9 Å². The molecule has 6 nitrogen and oxygen atoms in total. The van der Waals surface area contributed by atoms with Crippen LogP contribution in [0.2, 0.25) is 5.02 Å². The van der Waals surface area contributed by atoms with Crippen molar-refractivity contribution in [1.29, 1.82) is 0 Å². The van der Waals surface area contributed by atoms with Gasteiger partial charge in [0.15, 0.2) is 5.13 Å². The highest BCUT2D eigenvalue weighted by Crippen LogP contribution is 2.27. The van der Waals surface area contributed by atoms with Crippen LogP contribution in [0.5, 0.6) is 0 Å². The first-order valence-electron chi connectivity index (χ1n) is 7.17. The molecule has 0 bridgehead atoms. The van der Waals surface area contributed by atoms with Gasteiger partial charge in [-0.05, 0) is 25.2 Å². The third-order valence-electron chi connectivity index (χ3n) is 3.53. The summed E-state index contributed by atoms with van der Waals surface area (Å²) in [5.74, 6) is -2.31. The molecule has 2 aromatic rings. The van der Waals surface area contributed by atoms with Crippen LogP contribution in [0.4, 0.5) is 15.2 Å². The maximum atomic E-state index is 13.1. The van der Waals surface area contributed by atoms with Gasteiger partial charge in [0.2, 0.25) is 0 Å². The summed E-state index contributed by atoms with van der Waals surface area (Å²) in [6, 6.07) is 3.67. The quantitative estimate of drug-likeness (QED) is 0.799. The number of thiazole rings is 1. The van der Waals surface area contributed by atoms with Crippen molar-refractivity contribution in [3.05, 3.63) is 39.6 Å². The van der Waals surface area contributed by atoms with Crippen molar-refractivity contribution in [1.82, 2.24) is 9.88 Å². The number of hydrogen-bond acceptors (Lipinski definition) is 5. The van der Waals surface area contributed by atoms with E-state index in [0.29, 0.717) is 5.13 Å². The van der Waals surface area contributed by atoms with Gasteiger partial charge in [-0.25, -0.2) is 9.37 Å². The first-order valence-corrected chi connectivity index (χ1v) is 8.36. The number of rotatable bonds is 2. The number of carbonyl (C=O) groups excluding carboxylic acids is 2. The summed E-state index contributed by atoms with van der Waals surface area (Å²) in [4.78, 5) is 31.5. The number of anilines is 2.